The Morgan fingerprint density at radius 3 is 2.68 bits per heavy atom. The minimum atomic E-state index is -0.194. The van der Waals surface area contributed by atoms with Gasteiger partial charge in [-0.2, -0.15) is 0 Å². The van der Waals surface area contributed by atoms with Crippen LogP contribution in [0.2, 0.25) is 0 Å². The molecular formula is C24H29N5O2. The highest BCUT2D eigenvalue weighted by molar-refractivity contribution is 5.94. The number of nitrogens with one attached hydrogen (secondary N) is 3. The number of para-hydroxylation sites is 2. The summed E-state index contributed by atoms with van der Waals surface area (Å²) < 4.78 is 0. The van der Waals surface area contributed by atoms with Crippen LogP contribution in [0.15, 0.2) is 48.5 Å². The van der Waals surface area contributed by atoms with Gasteiger partial charge in [0.25, 0.3) is 5.91 Å². The predicted octanol–water partition coefficient (Wildman–Crippen LogP) is 3.79. The summed E-state index contributed by atoms with van der Waals surface area (Å²) in [5, 5.41) is 5.61. The highest BCUT2D eigenvalue weighted by Gasteiger charge is 2.27. The van der Waals surface area contributed by atoms with Gasteiger partial charge < -0.3 is 20.5 Å². The van der Waals surface area contributed by atoms with Crippen molar-refractivity contribution < 1.29 is 9.59 Å². The summed E-state index contributed by atoms with van der Waals surface area (Å²) in [7, 11) is 0. The third-order valence-electron chi connectivity index (χ3n) is 5.58. The van der Waals surface area contributed by atoms with Gasteiger partial charge in [-0.3, -0.25) is 4.79 Å². The molecule has 1 aliphatic rings. The van der Waals surface area contributed by atoms with Gasteiger partial charge in [-0.05, 0) is 56.5 Å². The van der Waals surface area contributed by atoms with E-state index in [1.165, 1.54) is 0 Å². The molecule has 7 heteroatoms. The minimum absolute atomic E-state index is 0.0397. The van der Waals surface area contributed by atoms with E-state index in [0.717, 1.165) is 41.8 Å². The van der Waals surface area contributed by atoms with Gasteiger partial charge in [-0.25, -0.2) is 9.78 Å². The molecule has 31 heavy (non-hydrogen) atoms. The summed E-state index contributed by atoms with van der Waals surface area (Å²) >= 11 is 0. The van der Waals surface area contributed by atoms with Crippen LogP contribution in [-0.4, -0.2) is 45.9 Å². The Kier molecular flexibility index (Phi) is 6.21. The molecule has 0 aliphatic carbocycles. The van der Waals surface area contributed by atoms with Crippen molar-refractivity contribution in [2.45, 2.75) is 45.2 Å². The second kappa shape index (κ2) is 9.20. The number of carbonyl (C=O) groups is 2. The van der Waals surface area contributed by atoms with Gasteiger partial charge in [0.2, 0.25) is 0 Å². The van der Waals surface area contributed by atoms with Crippen LogP contribution in [0.25, 0.3) is 11.0 Å². The van der Waals surface area contributed by atoms with E-state index in [2.05, 4.69) is 15.6 Å². The highest BCUT2D eigenvalue weighted by Crippen LogP contribution is 2.27. The van der Waals surface area contributed by atoms with Gasteiger partial charge in [-0.1, -0.05) is 24.3 Å². The molecule has 1 saturated heterocycles. The number of rotatable bonds is 5. The number of aromatic amines is 1. The van der Waals surface area contributed by atoms with E-state index in [1.54, 1.807) is 0 Å². The topological polar surface area (TPSA) is 90.1 Å². The largest absolute Gasteiger partial charge is 0.342 e. The summed E-state index contributed by atoms with van der Waals surface area (Å²) in [5.41, 5.74) is 3.62. The zero-order chi connectivity index (χ0) is 21.8. The first-order chi connectivity index (χ1) is 15.0. The van der Waals surface area contributed by atoms with Crippen LogP contribution in [0.4, 0.5) is 4.79 Å². The smallest absolute Gasteiger partial charge is 0.315 e. The van der Waals surface area contributed by atoms with E-state index < -0.39 is 0 Å². The molecule has 0 saturated carbocycles. The Bertz CT molecular complexity index is 1020. The number of amides is 3. The van der Waals surface area contributed by atoms with Crippen LogP contribution in [-0.2, 0) is 6.54 Å². The minimum Gasteiger partial charge on any atom is -0.342 e. The Morgan fingerprint density at radius 1 is 1.16 bits per heavy atom. The molecule has 1 aromatic heterocycles. The Hall–Kier alpha value is -3.35. The van der Waals surface area contributed by atoms with E-state index in [1.807, 2.05) is 67.3 Å². The first-order valence-corrected chi connectivity index (χ1v) is 10.9. The number of carbonyl (C=O) groups excluding carboxylic acids is 2. The molecule has 1 unspecified atom stereocenters. The molecule has 1 aliphatic heterocycles. The average Bonchev–Trinajstić information content (AvgIpc) is 3.22. The van der Waals surface area contributed by atoms with Crippen molar-refractivity contribution in [1.82, 2.24) is 25.5 Å². The van der Waals surface area contributed by atoms with Crippen LogP contribution < -0.4 is 10.6 Å². The molecule has 2 heterocycles. The van der Waals surface area contributed by atoms with Gasteiger partial charge in [0.05, 0.1) is 11.0 Å². The number of likely N-dealkylation sites (tertiary alicyclic amines) is 1. The van der Waals surface area contributed by atoms with Gasteiger partial charge in [0, 0.05) is 37.2 Å². The van der Waals surface area contributed by atoms with E-state index in [0.29, 0.717) is 18.7 Å². The number of nitrogens with zero attached hydrogens (tertiary/aromatic N) is 2. The molecule has 4 rings (SSSR count). The summed E-state index contributed by atoms with van der Waals surface area (Å²) in [6, 6.07) is 15.4. The summed E-state index contributed by atoms with van der Waals surface area (Å²) in [5.74, 6) is 1.21. The second-order valence-corrected chi connectivity index (χ2v) is 8.41. The number of hydrogen-bond donors (Lipinski definition) is 3. The third kappa shape index (κ3) is 5.05. The zero-order valence-corrected chi connectivity index (χ0v) is 18.0. The molecule has 3 aromatic rings. The van der Waals surface area contributed by atoms with Crippen molar-refractivity contribution >= 4 is 23.0 Å². The Labute approximate surface area is 182 Å². The summed E-state index contributed by atoms with van der Waals surface area (Å²) in [6.07, 6.45) is 1.98. The molecule has 0 spiro atoms. The molecule has 162 valence electrons. The zero-order valence-electron chi connectivity index (χ0n) is 18.0. The average molecular weight is 420 g/mol. The third-order valence-corrected chi connectivity index (χ3v) is 5.58. The lowest BCUT2D eigenvalue weighted by Gasteiger charge is -2.32. The second-order valence-electron chi connectivity index (χ2n) is 8.41. The maximum atomic E-state index is 13.1. The molecule has 1 fully saturated rings. The van der Waals surface area contributed by atoms with Crippen molar-refractivity contribution in [2.75, 3.05) is 13.1 Å². The van der Waals surface area contributed by atoms with Gasteiger partial charge in [0.15, 0.2) is 0 Å². The number of H-pyrrole nitrogens is 1. The first-order valence-electron chi connectivity index (χ1n) is 10.9. The summed E-state index contributed by atoms with van der Waals surface area (Å²) in [6.45, 7) is 5.68. The standard InChI is InChI=1S/C24H29N5O2/c1-16(2)26-24(31)25-14-17-9-11-18(12-10-17)23(30)29-13-5-6-19(15-29)22-27-20-7-3-4-8-21(20)28-22/h3-4,7-12,16,19H,5-6,13-15H2,1-2H3,(H,27,28)(H2,25,26,31). The van der Waals surface area contributed by atoms with Crippen LogP contribution in [0, 0.1) is 0 Å². The highest BCUT2D eigenvalue weighted by atomic mass is 16.2. The maximum absolute atomic E-state index is 13.1. The van der Waals surface area contributed by atoms with E-state index >= 15 is 0 Å². The molecule has 7 nitrogen and oxygen atoms in total. The molecule has 3 amide bonds. The van der Waals surface area contributed by atoms with Gasteiger partial charge in [0.1, 0.15) is 5.82 Å². The fourth-order valence-electron chi connectivity index (χ4n) is 3.99. The van der Waals surface area contributed by atoms with Crippen molar-refractivity contribution in [3.63, 3.8) is 0 Å². The quantitative estimate of drug-likeness (QED) is 0.588. The van der Waals surface area contributed by atoms with Crippen molar-refractivity contribution in [1.29, 1.82) is 0 Å². The SMILES string of the molecule is CC(C)NC(=O)NCc1ccc(C(=O)N2CCCC(c3nc4ccccc4[nH]3)C2)cc1. The molecular weight excluding hydrogens is 390 g/mol. The number of imidazole rings is 1. The van der Waals surface area contributed by atoms with Crippen LogP contribution in [0.1, 0.15) is 54.4 Å². The van der Waals surface area contributed by atoms with Crippen LogP contribution >= 0.6 is 0 Å². The van der Waals surface area contributed by atoms with Crippen LogP contribution in [0.3, 0.4) is 0 Å². The molecule has 1 atom stereocenters. The fourth-order valence-corrected chi connectivity index (χ4v) is 3.99. The van der Waals surface area contributed by atoms with Crippen molar-refractivity contribution in [2.24, 2.45) is 0 Å². The van der Waals surface area contributed by atoms with E-state index in [4.69, 9.17) is 4.98 Å². The summed E-state index contributed by atoms with van der Waals surface area (Å²) in [4.78, 5) is 34.9. The molecule has 2 aromatic carbocycles. The monoisotopic (exact) mass is 419 g/mol. The van der Waals surface area contributed by atoms with Crippen molar-refractivity contribution in [3.8, 4) is 0 Å². The van der Waals surface area contributed by atoms with Crippen LogP contribution in [0.5, 0.6) is 0 Å². The number of piperidine rings is 1. The lowest BCUT2D eigenvalue weighted by molar-refractivity contribution is 0.0705. The number of fused-ring (bicyclic) bond motifs is 1. The van der Waals surface area contributed by atoms with E-state index in [-0.39, 0.29) is 23.9 Å². The lowest BCUT2D eigenvalue weighted by Crippen LogP contribution is -2.39. The predicted molar refractivity (Wildman–Crippen MR) is 121 cm³/mol. The Morgan fingerprint density at radius 2 is 1.94 bits per heavy atom. The lowest BCUT2D eigenvalue weighted by atomic mass is 9.96. The molecule has 0 radical (unpaired) electrons. The number of urea groups is 1. The molecule has 3 N–H and O–H groups in total. The van der Waals surface area contributed by atoms with Gasteiger partial charge in [-0.15, -0.1) is 0 Å². The van der Waals surface area contributed by atoms with Gasteiger partial charge >= 0.3 is 6.03 Å². The Balaban J connectivity index is 1.37. The maximum Gasteiger partial charge on any atom is 0.315 e. The van der Waals surface area contributed by atoms with E-state index in [9.17, 15) is 9.59 Å². The first kappa shape index (κ1) is 20.9. The number of benzene rings is 2. The number of hydrogen-bond acceptors (Lipinski definition) is 3. The molecule has 0 bridgehead atoms. The number of aromatic nitrogens is 2. The normalized spacial score (nSPS) is 16.5. The van der Waals surface area contributed by atoms with Crippen molar-refractivity contribution in [3.05, 3.63) is 65.5 Å². The fraction of sp³-hybridized carbons (Fsp3) is 0.375.